The Kier molecular flexibility index (Phi) is 3.45. The summed E-state index contributed by atoms with van der Waals surface area (Å²) < 4.78 is 7.12. The molecule has 0 aliphatic carbocycles. The molecule has 0 saturated carbocycles. The zero-order valence-corrected chi connectivity index (χ0v) is 9.78. The summed E-state index contributed by atoms with van der Waals surface area (Å²) in [5.41, 5.74) is 0.574. The molecule has 82 valence electrons. The first-order valence-corrected chi connectivity index (χ1v) is 5.01. The maximum atomic E-state index is 11.5. The average Bonchev–Trinajstić information content (AvgIpc) is 2.15. The molecule has 1 heterocycles. The van der Waals surface area contributed by atoms with E-state index in [1.807, 2.05) is 56.9 Å². The zero-order valence-electron chi connectivity index (χ0n) is 9.78. The van der Waals surface area contributed by atoms with E-state index >= 15 is 0 Å². The Morgan fingerprint density at radius 2 is 1.87 bits per heavy atom. The van der Waals surface area contributed by atoms with Crippen molar-refractivity contribution in [3.8, 4) is 0 Å². The predicted molar refractivity (Wildman–Crippen MR) is 56.9 cm³/mol. The third kappa shape index (κ3) is 3.70. The molecular formula is C12H18NO2+. The molecule has 0 bridgehead atoms. The van der Waals surface area contributed by atoms with Crippen LogP contribution in [0, 0.1) is 5.41 Å². The third-order valence-electron chi connectivity index (χ3n) is 2.03. The van der Waals surface area contributed by atoms with Gasteiger partial charge in [-0.1, -0.05) is 0 Å². The predicted octanol–water partition coefficient (Wildman–Crippen LogP) is 1.60. The van der Waals surface area contributed by atoms with Crippen molar-refractivity contribution >= 4 is 5.97 Å². The zero-order chi connectivity index (χ0) is 11.5. The number of nitrogens with zero attached hydrogens (tertiary/aromatic N) is 1. The lowest BCUT2D eigenvalue weighted by atomic mass is 9.97. The summed E-state index contributed by atoms with van der Waals surface area (Å²) in [6.45, 7) is 5.89. The Bertz CT molecular complexity index is 336. The first kappa shape index (κ1) is 11.7. The van der Waals surface area contributed by atoms with Crippen LogP contribution in [0.1, 0.15) is 26.3 Å². The molecular weight excluding hydrogens is 190 g/mol. The van der Waals surface area contributed by atoms with Gasteiger partial charge in [0.2, 0.25) is 0 Å². The van der Waals surface area contributed by atoms with Crippen molar-refractivity contribution in [2.24, 2.45) is 12.5 Å². The Morgan fingerprint density at radius 3 is 2.33 bits per heavy atom. The van der Waals surface area contributed by atoms with Crippen molar-refractivity contribution in [3.05, 3.63) is 30.1 Å². The summed E-state index contributed by atoms with van der Waals surface area (Å²) in [4.78, 5) is 11.5. The number of esters is 1. The van der Waals surface area contributed by atoms with Crippen LogP contribution >= 0.6 is 0 Å². The maximum Gasteiger partial charge on any atom is 0.311 e. The number of aromatic nitrogens is 1. The number of aryl methyl sites for hydroxylation is 1. The largest absolute Gasteiger partial charge is 0.460 e. The summed E-state index contributed by atoms with van der Waals surface area (Å²) in [5.74, 6) is -0.171. The van der Waals surface area contributed by atoms with Crippen LogP contribution in [-0.4, -0.2) is 5.97 Å². The second-order valence-corrected chi connectivity index (χ2v) is 4.70. The van der Waals surface area contributed by atoms with Gasteiger partial charge in [0, 0.05) is 17.7 Å². The lowest BCUT2D eigenvalue weighted by Crippen LogP contribution is -2.26. The average molecular weight is 208 g/mol. The molecule has 0 saturated heterocycles. The fraction of sp³-hybridized carbons (Fsp3) is 0.500. The van der Waals surface area contributed by atoms with Crippen LogP contribution in [0.25, 0.3) is 0 Å². The molecule has 0 atom stereocenters. The van der Waals surface area contributed by atoms with Crippen LogP contribution in [0.5, 0.6) is 0 Å². The number of carbonyl (C=O) groups is 1. The molecule has 1 aromatic rings. The normalized spacial score (nSPS) is 11.2. The van der Waals surface area contributed by atoms with Crippen LogP contribution in [0.4, 0.5) is 0 Å². The number of hydrogen-bond donors (Lipinski definition) is 0. The van der Waals surface area contributed by atoms with Crippen LogP contribution in [0.15, 0.2) is 24.5 Å². The van der Waals surface area contributed by atoms with E-state index in [9.17, 15) is 4.79 Å². The molecule has 0 amide bonds. The third-order valence-corrected chi connectivity index (χ3v) is 2.03. The van der Waals surface area contributed by atoms with E-state index in [1.165, 1.54) is 0 Å². The van der Waals surface area contributed by atoms with E-state index in [2.05, 4.69) is 0 Å². The lowest BCUT2D eigenvalue weighted by Gasteiger charge is -2.16. The van der Waals surface area contributed by atoms with Crippen molar-refractivity contribution in [1.82, 2.24) is 0 Å². The van der Waals surface area contributed by atoms with E-state index in [0.717, 1.165) is 5.56 Å². The maximum absolute atomic E-state index is 11.5. The molecule has 0 N–H and O–H groups in total. The van der Waals surface area contributed by atoms with Gasteiger partial charge in [-0.3, -0.25) is 4.79 Å². The number of ether oxygens (including phenoxy) is 1. The first-order valence-electron chi connectivity index (χ1n) is 5.01. The van der Waals surface area contributed by atoms with Gasteiger partial charge in [0.1, 0.15) is 13.7 Å². The van der Waals surface area contributed by atoms with E-state index in [-0.39, 0.29) is 5.97 Å². The van der Waals surface area contributed by atoms with Crippen molar-refractivity contribution in [2.45, 2.75) is 27.4 Å². The Labute approximate surface area is 90.7 Å². The van der Waals surface area contributed by atoms with E-state index in [1.54, 1.807) is 0 Å². The minimum atomic E-state index is -0.431. The number of hydrogen-bond acceptors (Lipinski definition) is 2. The van der Waals surface area contributed by atoms with Crippen LogP contribution < -0.4 is 4.57 Å². The fourth-order valence-electron chi connectivity index (χ4n) is 0.993. The molecule has 1 aromatic heterocycles. The van der Waals surface area contributed by atoms with Crippen molar-refractivity contribution < 1.29 is 14.1 Å². The van der Waals surface area contributed by atoms with Gasteiger partial charge in [-0.15, -0.1) is 0 Å². The lowest BCUT2D eigenvalue weighted by molar-refractivity contribution is -0.671. The van der Waals surface area contributed by atoms with E-state index in [0.29, 0.717) is 6.61 Å². The van der Waals surface area contributed by atoms with Crippen molar-refractivity contribution in [3.63, 3.8) is 0 Å². The van der Waals surface area contributed by atoms with Gasteiger partial charge in [-0.25, -0.2) is 4.57 Å². The molecule has 3 heteroatoms. The Hall–Kier alpha value is -1.38. The van der Waals surface area contributed by atoms with E-state index in [4.69, 9.17) is 4.74 Å². The highest BCUT2D eigenvalue weighted by atomic mass is 16.5. The van der Waals surface area contributed by atoms with Gasteiger partial charge < -0.3 is 4.74 Å². The second-order valence-electron chi connectivity index (χ2n) is 4.70. The topological polar surface area (TPSA) is 30.2 Å². The SMILES string of the molecule is C[n+]1ccc(COC(=O)C(C)(C)C)cc1. The van der Waals surface area contributed by atoms with Gasteiger partial charge in [-0.2, -0.15) is 0 Å². The minimum absolute atomic E-state index is 0.171. The highest BCUT2D eigenvalue weighted by Gasteiger charge is 2.22. The smallest absolute Gasteiger partial charge is 0.311 e. The molecule has 3 nitrogen and oxygen atoms in total. The highest BCUT2D eigenvalue weighted by molar-refractivity contribution is 5.75. The van der Waals surface area contributed by atoms with Crippen molar-refractivity contribution in [1.29, 1.82) is 0 Å². The van der Waals surface area contributed by atoms with Crippen LogP contribution in [0.2, 0.25) is 0 Å². The van der Waals surface area contributed by atoms with E-state index < -0.39 is 5.41 Å². The first-order chi connectivity index (χ1) is 6.89. The summed E-state index contributed by atoms with van der Waals surface area (Å²) in [5, 5.41) is 0. The monoisotopic (exact) mass is 208 g/mol. The molecule has 0 aliphatic rings. The molecule has 0 aromatic carbocycles. The summed E-state index contributed by atoms with van der Waals surface area (Å²) in [7, 11) is 1.95. The highest BCUT2D eigenvalue weighted by Crippen LogP contribution is 2.16. The summed E-state index contributed by atoms with van der Waals surface area (Å²) in [6.07, 6.45) is 3.86. The number of rotatable bonds is 2. The summed E-state index contributed by atoms with van der Waals surface area (Å²) in [6, 6.07) is 3.88. The molecule has 0 unspecified atom stereocenters. The Morgan fingerprint density at radius 1 is 1.33 bits per heavy atom. The van der Waals surface area contributed by atoms with Gasteiger partial charge in [-0.05, 0) is 20.8 Å². The van der Waals surface area contributed by atoms with Gasteiger partial charge >= 0.3 is 5.97 Å². The van der Waals surface area contributed by atoms with Crippen LogP contribution in [0.3, 0.4) is 0 Å². The molecule has 0 aliphatic heterocycles. The summed E-state index contributed by atoms with van der Waals surface area (Å²) >= 11 is 0. The van der Waals surface area contributed by atoms with Gasteiger partial charge in [0.05, 0.1) is 5.41 Å². The fourth-order valence-corrected chi connectivity index (χ4v) is 0.993. The van der Waals surface area contributed by atoms with Crippen LogP contribution in [-0.2, 0) is 23.2 Å². The standard InChI is InChI=1S/C12H18NO2/c1-12(2,3)11(14)15-9-10-5-7-13(4)8-6-10/h5-8H,9H2,1-4H3/q+1. The van der Waals surface area contributed by atoms with Crippen molar-refractivity contribution in [2.75, 3.05) is 0 Å². The molecule has 0 radical (unpaired) electrons. The Balaban J connectivity index is 2.51. The quantitative estimate of drug-likeness (QED) is 0.546. The number of carbonyl (C=O) groups excluding carboxylic acids is 1. The molecule has 15 heavy (non-hydrogen) atoms. The number of pyridine rings is 1. The molecule has 1 rings (SSSR count). The van der Waals surface area contributed by atoms with Gasteiger partial charge in [0.15, 0.2) is 12.4 Å². The molecule has 0 fully saturated rings. The second kappa shape index (κ2) is 4.43. The molecule has 0 spiro atoms. The van der Waals surface area contributed by atoms with Gasteiger partial charge in [0.25, 0.3) is 0 Å². The minimum Gasteiger partial charge on any atom is -0.460 e.